The average molecular weight is 318 g/mol. The van der Waals surface area contributed by atoms with Crippen LogP contribution in [0.5, 0.6) is 0 Å². The van der Waals surface area contributed by atoms with Crippen molar-refractivity contribution in [2.45, 2.75) is 71.4 Å². The summed E-state index contributed by atoms with van der Waals surface area (Å²) in [6.07, 6.45) is 8.34. The Bertz CT molecular complexity index is 555. The second-order valence-electron chi connectivity index (χ2n) is 7.30. The molecule has 1 unspecified atom stereocenters. The molecule has 0 spiro atoms. The zero-order valence-corrected chi connectivity index (χ0v) is 14.7. The summed E-state index contributed by atoms with van der Waals surface area (Å²) in [6.45, 7) is 6.37. The minimum atomic E-state index is 0.372. The Morgan fingerprint density at radius 2 is 2.17 bits per heavy atom. The first kappa shape index (κ1) is 16.3. The van der Waals surface area contributed by atoms with Crippen LogP contribution in [0.4, 0.5) is 0 Å². The fourth-order valence-corrected chi connectivity index (χ4v) is 3.72. The number of hydrogen-bond acceptors (Lipinski definition) is 3. The average Bonchev–Trinajstić information content (AvgIpc) is 3.17. The van der Waals surface area contributed by atoms with E-state index in [9.17, 15) is 0 Å². The van der Waals surface area contributed by atoms with E-state index < -0.39 is 0 Å². The van der Waals surface area contributed by atoms with Gasteiger partial charge in [0, 0.05) is 32.5 Å². The van der Waals surface area contributed by atoms with Gasteiger partial charge in [-0.3, -0.25) is 4.99 Å². The summed E-state index contributed by atoms with van der Waals surface area (Å²) in [4.78, 5) is 8.98. The number of aryl methyl sites for hydroxylation is 2. The van der Waals surface area contributed by atoms with Gasteiger partial charge in [0.05, 0.1) is 6.54 Å². The Balaban J connectivity index is 1.53. The van der Waals surface area contributed by atoms with Gasteiger partial charge < -0.3 is 10.6 Å². The smallest absolute Gasteiger partial charge is 0.191 e. The van der Waals surface area contributed by atoms with Crippen molar-refractivity contribution in [3.8, 4) is 0 Å². The number of aliphatic imine (C=N–C) groups is 1. The molecule has 0 amide bonds. The molecule has 2 aliphatic rings. The second kappa shape index (κ2) is 6.89. The van der Waals surface area contributed by atoms with E-state index in [2.05, 4.69) is 44.2 Å². The van der Waals surface area contributed by atoms with Crippen LogP contribution in [0.25, 0.3) is 0 Å². The van der Waals surface area contributed by atoms with Crippen molar-refractivity contribution in [2.75, 3.05) is 13.6 Å². The maximum absolute atomic E-state index is 4.58. The van der Waals surface area contributed by atoms with Gasteiger partial charge in [0.2, 0.25) is 0 Å². The lowest BCUT2D eigenvalue weighted by Gasteiger charge is -2.28. The Morgan fingerprint density at radius 3 is 2.87 bits per heavy atom. The SMILES string of the molecule is CCc1nc2n(n1)CC(NC(=NC)NCC1(C)CCCC1)CC2. The van der Waals surface area contributed by atoms with Gasteiger partial charge in [0.1, 0.15) is 5.82 Å². The fraction of sp³-hybridized carbons (Fsp3) is 0.824. The van der Waals surface area contributed by atoms with E-state index in [1.54, 1.807) is 0 Å². The van der Waals surface area contributed by atoms with E-state index in [0.717, 1.165) is 50.0 Å². The van der Waals surface area contributed by atoms with E-state index in [-0.39, 0.29) is 0 Å². The summed E-state index contributed by atoms with van der Waals surface area (Å²) >= 11 is 0. The number of aromatic nitrogens is 3. The summed E-state index contributed by atoms with van der Waals surface area (Å²) in [6, 6.07) is 0.372. The Morgan fingerprint density at radius 1 is 1.39 bits per heavy atom. The summed E-state index contributed by atoms with van der Waals surface area (Å²) in [5.74, 6) is 3.00. The van der Waals surface area contributed by atoms with Gasteiger partial charge in [0.15, 0.2) is 11.8 Å². The van der Waals surface area contributed by atoms with E-state index in [4.69, 9.17) is 0 Å². The molecule has 0 saturated heterocycles. The lowest BCUT2D eigenvalue weighted by Crippen LogP contribution is -2.49. The largest absolute Gasteiger partial charge is 0.356 e. The molecule has 0 bridgehead atoms. The van der Waals surface area contributed by atoms with Crippen molar-refractivity contribution in [3.63, 3.8) is 0 Å². The highest BCUT2D eigenvalue weighted by Gasteiger charge is 2.29. The highest BCUT2D eigenvalue weighted by Crippen LogP contribution is 2.36. The third kappa shape index (κ3) is 3.85. The van der Waals surface area contributed by atoms with Gasteiger partial charge in [-0.2, -0.15) is 5.10 Å². The third-order valence-corrected chi connectivity index (χ3v) is 5.28. The zero-order chi connectivity index (χ0) is 16.3. The Kier molecular flexibility index (Phi) is 4.87. The van der Waals surface area contributed by atoms with Crippen molar-refractivity contribution >= 4 is 5.96 Å². The molecule has 1 aromatic heterocycles. The molecule has 6 heteroatoms. The van der Waals surface area contributed by atoms with Crippen LogP contribution in [-0.2, 0) is 19.4 Å². The predicted octanol–water partition coefficient (Wildman–Crippen LogP) is 1.90. The standard InChI is InChI=1S/C17H30N6/c1-4-14-21-15-8-7-13(11-23(15)22-14)20-16(18-3)19-12-17(2)9-5-6-10-17/h13H,4-12H2,1-3H3,(H2,18,19,20). The minimum absolute atomic E-state index is 0.372. The summed E-state index contributed by atoms with van der Waals surface area (Å²) < 4.78 is 2.06. The van der Waals surface area contributed by atoms with Gasteiger partial charge >= 0.3 is 0 Å². The van der Waals surface area contributed by atoms with Crippen LogP contribution < -0.4 is 10.6 Å². The number of rotatable bonds is 4. The highest BCUT2D eigenvalue weighted by atomic mass is 15.4. The molecule has 0 aromatic carbocycles. The van der Waals surface area contributed by atoms with Crippen molar-refractivity contribution in [1.82, 2.24) is 25.4 Å². The molecule has 6 nitrogen and oxygen atoms in total. The molecular formula is C17H30N6. The third-order valence-electron chi connectivity index (χ3n) is 5.28. The number of fused-ring (bicyclic) bond motifs is 1. The van der Waals surface area contributed by atoms with Crippen LogP contribution >= 0.6 is 0 Å². The molecule has 1 aliphatic carbocycles. The molecule has 23 heavy (non-hydrogen) atoms. The number of guanidine groups is 1. The van der Waals surface area contributed by atoms with Gasteiger partial charge in [-0.1, -0.05) is 26.7 Å². The Labute approximate surface area is 139 Å². The lowest BCUT2D eigenvalue weighted by molar-refractivity contribution is 0.331. The first-order chi connectivity index (χ1) is 11.1. The van der Waals surface area contributed by atoms with E-state index in [0.29, 0.717) is 11.5 Å². The molecular weight excluding hydrogens is 288 g/mol. The highest BCUT2D eigenvalue weighted by molar-refractivity contribution is 5.80. The Hall–Kier alpha value is -1.59. The van der Waals surface area contributed by atoms with E-state index >= 15 is 0 Å². The normalized spacial score (nSPS) is 23.6. The quantitative estimate of drug-likeness (QED) is 0.657. The maximum atomic E-state index is 4.58. The van der Waals surface area contributed by atoms with Gasteiger partial charge in [-0.15, -0.1) is 0 Å². The van der Waals surface area contributed by atoms with Gasteiger partial charge in [-0.05, 0) is 24.7 Å². The molecule has 3 rings (SSSR count). The lowest BCUT2D eigenvalue weighted by atomic mass is 9.89. The monoisotopic (exact) mass is 318 g/mol. The summed E-state index contributed by atoms with van der Waals surface area (Å²) in [5, 5.41) is 11.7. The first-order valence-electron chi connectivity index (χ1n) is 9.02. The van der Waals surface area contributed by atoms with Crippen molar-refractivity contribution < 1.29 is 0 Å². The molecule has 1 atom stereocenters. The van der Waals surface area contributed by atoms with Crippen LogP contribution in [0.2, 0.25) is 0 Å². The van der Waals surface area contributed by atoms with Crippen molar-refractivity contribution in [2.24, 2.45) is 10.4 Å². The topological polar surface area (TPSA) is 67.1 Å². The van der Waals surface area contributed by atoms with Gasteiger partial charge in [-0.25, -0.2) is 9.67 Å². The molecule has 128 valence electrons. The number of nitrogens with one attached hydrogen (secondary N) is 2. The van der Waals surface area contributed by atoms with E-state index in [1.807, 2.05) is 7.05 Å². The van der Waals surface area contributed by atoms with Crippen molar-refractivity contribution in [1.29, 1.82) is 0 Å². The molecule has 1 aromatic rings. The maximum Gasteiger partial charge on any atom is 0.191 e. The van der Waals surface area contributed by atoms with Crippen LogP contribution in [0.15, 0.2) is 4.99 Å². The van der Waals surface area contributed by atoms with Crippen LogP contribution in [-0.4, -0.2) is 40.4 Å². The molecule has 1 fully saturated rings. The summed E-state index contributed by atoms with van der Waals surface area (Å²) in [7, 11) is 1.85. The number of nitrogens with zero attached hydrogens (tertiary/aromatic N) is 4. The van der Waals surface area contributed by atoms with E-state index in [1.165, 1.54) is 25.7 Å². The fourth-order valence-electron chi connectivity index (χ4n) is 3.72. The zero-order valence-electron chi connectivity index (χ0n) is 14.7. The molecule has 1 saturated carbocycles. The van der Waals surface area contributed by atoms with Crippen LogP contribution in [0.3, 0.4) is 0 Å². The van der Waals surface area contributed by atoms with Crippen LogP contribution in [0, 0.1) is 5.41 Å². The first-order valence-corrected chi connectivity index (χ1v) is 9.02. The van der Waals surface area contributed by atoms with Crippen LogP contribution in [0.1, 0.15) is 57.6 Å². The predicted molar refractivity (Wildman–Crippen MR) is 92.6 cm³/mol. The second-order valence-corrected chi connectivity index (χ2v) is 7.30. The summed E-state index contributed by atoms with van der Waals surface area (Å²) in [5.41, 5.74) is 0.430. The number of hydrogen-bond donors (Lipinski definition) is 2. The molecule has 1 aliphatic heterocycles. The molecule has 2 heterocycles. The minimum Gasteiger partial charge on any atom is -0.356 e. The van der Waals surface area contributed by atoms with Gasteiger partial charge in [0.25, 0.3) is 0 Å². The molecule has 2 N–H and O–H groups in total. The van der Waals surface area contributed by atoms with Crippen molar-refractivity contribution in [3.05, 3.63) is 11.6 Å². The molecule has 0 radical (unpaired) electrons.